The number of aryl methyl sites for hydroxylation is 1. The third kappa shape index (κ3) is 4.00. The van der Waals surface area contributed by atoms with Gasteiger partial charge in [0, 0.05) is 29.0 Å². The van der Waals surface area contributed by atoms with Gasteiger partial charge in [-0.15, -0.1) is 0 Å². The first-order valence-corrected chi connectivity index (χ1v) is 7.83. The van der Waals surface area contributed by atoms with Crippen LogP contribution >= 0.6 is 11.6 Å². The normalized spacial score (nSPS) is 10.5. The fraction of sp³-hybridized carbons (Fsp3) is 0.111. The second-order valence-electron chi connectivity index (χ2n) is 5.30. The molecule has 0 spiro atoms. The van der Waals surface area contributed by atoms with Crippen molar-refractivity contribution in [3.05, 3.63) is 76.7 Å². The van der Waals surface area contributed by atoms with Gasteiger partial charge in [0.05, 0.1) is 0 Å². The summed E-state index contributed by atoms with van der Waals surface area (Å²) >= 11 is 6.12. The number of aromatic nitrogens is 2. The standard InChI is InChI=1S/C18H16ClFN4/c1-12-6-7-14(10-15(12)19)23-18-21-9-8-17(24-18)22-11-13-4-2-3-5-16(13)20/h2-10H,11H2,1H3,(H2,21,22,23,24). The summed E-state index contributed by atoms with van der Waals surface area (Å²) in [5.74, 6) is 0.800. The molecule has 0 saturated heterocycles. The first-order chi connectivity index (χ1) is 11.6. The van der Waals surface area contributed by atoms with Crippen molar-refractivity contribution in [2.45, 2.75) is 13.5 Å². The van der Waals surface area contributed by atoms with Crippen LogP contribution in [0.3, 0.4) is 0 Å². The number of anilines is 3. The molecule has 0 aliphatic rings. The third-order valence-corrected chi connectivity index (χ3v) is 3.91. The van der Waals surface area contributed by atoms with Gasteiger partial charge < -0.3 is 10.6 Å². The van der Waals surface area contributed by atoms with Gasteiger partial charge in [-0.05, 0) is 36.8 Å². The molecular formula is C18H16ClFN4. The number of nitrogens with one attached hydrogen (secondary N) is 2. The van der Waals surface area contributed by atoms with Gasteiger partial charge in [-0.2, -0.15) is 4.98 Å². The maximum Gasteiger partial charge on any atom is 0.229 e. The number of nitrogens with zero attached hydrogens (tertiary/aromatic N) is 2. The van der Waals surface area contributed by atoms with Crippen LogP contribution in [-0.4, -0.2) is 9.97 Å². The molecule has 0 aliphatic heterocycles. The first-order valence-electron chi connectivity index (χ1n) is 7.45. The van der Waals surface area contributed by atoms with E-state index in [9.17, 15) is 4.39 Å². The van der Waals surface area contributed by atoms with Crippen molar-refractivity contribution in [3.63, 3.8) is 0 Å². The Kier molecular flexibility index (Phi) is 4.91. The third-order valence-electron chi connectivity index (χ3n) is 3.50. The fourth-order valence-electron chi connectivity index (χ4n) is 2.14. The lowest BCUT2D eigenvalue weighted by molar-refractivity contribution is 0.613. The van der Waals surface area contributed by atoms with E-state index in [2.05, 4.69) is 20.6 Å². The van der Waals surface area contributed by atoms with Crippen LogP contribution in [0.15, 0.2) is 54.7 Å². The zero-order chi connectivity index (χ0) is 16.9. The second kappa shape index (κ2) is 7.27. The predicted octanol–water partition coefficient (Wildman–Crippen LogP) is 4.93. The lowest BCUT2D eigenvalue weighted by Gasteiger charge is -2.09. The van der Waals surface area contributed by atoms with E-state index in [0.29, 0.717) is 28.9 Å². The highest BCUT2D eigenvalue weighted by atomic mass is 35.5. The van der Waals surface area contributed by atoms with E-state index in [-0.39, 0.29) is 5.82 Å². The van der Waals surface area contributed by atoms with Crippen LogP contribution in [-0.2, 0) is 6.54 Å². The van der Waals surface area contributed by atoms with Crippen molar-refractivity contribution in [2.75, 3.05) is 10.6 Å². The van der Waals surface area contributed by atoms with Gasteiger partial charge in [-0.3, -0.25) is 0 Å². The summed E-state index contributed by atoms with van der Waals surface area (Å²) in [5.41, 5.74) is 2.39. The molecule has 6 heteroatoms. The van der Waals surface area contributed by atoms with Crippen LogP contribution in [0.1, 0.15) is 11.1 Å². The van der Waals surface area contributed by atoms with Crippen molar-refractivity contribution in [1.82, 2.24) is 9.97 Å². The summed E-state index contributed by atoms with van der Waals surface area (Å²) in [6.07, 6.45) is 1.63. The molecule has 0 radical (unpaired) electrons. The van der Waals surface area contributed by atoms with Crippen LogP contribution in [0, 0.1) is 12.7 Å². The summed E-state index contributed by atoms with van der Waals surface area (Å²) < 4.78 is 13.6. The lowest BCUT2D eigenvalue weighted by atomic mass is 10.2. The minimum Gasteiger partial charge on any atom is -0.366 e. The molecule has 1 aromatic heterocycles. The minimum atomic E-state index is -0.244. The Hall–Kier alpha value is -2.66. The molecule has 24 heavy (non-hydrogen) atoms. The fourth-order valence-corrected chi connectivity index (χ4v) is 2.33. The number of hydrogen-bond donors (Lipinski definition) is 2. The van der Waals surface area contributed by atoms with Crippen LogP contribution in [0.5, 0.6) is 0 Å². The Bertz CT molecular complexity index is 854. The number of benzene rings is 2. The molecule has 0 aliphatic carbocycles. The van der Waals surface area contributed by atoms with Gasteiger partial charge in [0.1, 0.15) is 11.6 Å². The maximum atomic E-state index is 13.6. The number of rotatable bonds is 5. The average molecular weight is 343 g/mol. The molecule has 2 N–H and O–H groups in total. The Morgan fingerprint density at radius 3 is 2.75 bits per heavy atom. The van der Waals surface area contributed by atoms with Crippen molar-refractivity contribution in [2.24, 2.45) is 0 Å². The molecule has 0 saturated carbocycles. The van der Waals surface area contributed by atoms with Crippen LogP contribution in [0.4, 0.5) is 21.8 Å². The first kappa shape index (κ1) is 16.2. The van der Waals surface area contributed by atoms with E-state index in [1.165, 1.54) is 6.07 Å². The lowest BCUT2D eigenvalue weighted by Crippen LogP contribution is -2.05. The molecule has 1 heterocycles. The van der Waals surface area contributed by atoms with Crippen molar-refractivity contribution in [1.29, 1.82) is 0 Å². The van der Waals surface area contributed by atoms with Crippen molar-refractivity contribution >= 4 is 29.1 Å². The Balaban J connectivity index is 1.69. The summed E-state index contributed by atoms with van der Waals surface area (Å²) in [5, 5.41) is 6.87. The van der Waals surface area contributed by atoms with Crippen LogP contribution < -0.4 is 10.6 Å². The van der Waals surface area contributed by atoms with Gasteiger partial charge in [0.15, 0.2) is 0 Å². The van der Waals surface area contributed by atoms with Crippen LogP contribution in [0.25, 0.3) is 0 Å². The van der Waals surface area contributed by atoms with Gasteiger partial charge in [-0.25, -0.2) is 9.37 Å². The second-order valence-corrected chi connectivity index (χ2v) is 5.71. The average Bonchev–Trinajstić information content (AvgIpc) is 2.58. The molecule has 0 fully saturated rings. The summed E-state index contributed by atoms with van der Waals surface area (Å²) in [6.45, 7) is 2.29. The number of halogens is 2. The SMILES string of the molecule is Cc1ccc(Nc2nccc(NCc3ccccc3F)n2)cc1Cl. The quantitative estimate of drug-likeness (QED) is 0.690. The maximum absolute atomic E-state index is 13.6. The Labute approximate surface area is 144 Å². The highest BCUT2D eigenvalue weighted by Gasteiger charge is 2.04. The van der Waals surface area contributed by atoms with E-state index < -0.39 is 0 Å². The molecule has 0 atom stereocenters. The topological polar surface area (TPSA) is 49.8 Å². The predicted molar refractivity (Wildman–Crippen MR) is 95.2 cm³/mol. The summed E-state index contributed by atoms with van der Waals surface area (Å²) in [7, 11) is 0. The minimum absolute atomic E-state index is 0.244. The van der Waals surface area contributed by atoms with Crippen molar-refractivity contribution in [3.8, 4) is 0 Å². The zero-order valence-electron chi connectivity index (χ0n) is 13.1. The largest absolute Gasteiger partial charge is 0.366 e. The Morgan fingerprint density at radius 1 is 1.12 bits per heavy atom. The van der Waals surface area contributed by atoms with Gasteiger partial charge in [0.2, 0.25) is 5.95 Å². The Morgan fingerprint density at radius 2 is 1.96 bits per heavy atom. The van der Waals surface area contributed by atoms with E-state index in [1.807, 2.05) is 25.1 Å². The molecule has 0 amide bonds. The monoisotopic (exact) mass is 342 g/mol. The molecule has 0 bridgehead atoms. The number of hydrogen-bond acceptors (Lipinski definition) is 4. The van der Waals surface area contributed by atoms with Crippen molar-refractivity contribution < 1.29 is 4.39 Å². The highest BCUT2D eigenvalue weighted by Crippen LogP contribution is 2.22. The zero-order valence-corrected chi connectivity index (χ0v) is 13.8. The molecule has 3 aromatic rings. The van der Waals surface area contributed by atoms with Gasteiger partial charge in [0.25, 0.3) is 0 Å². The summed E-state index contributed by atoms with van der Waals surface area (Å²) in [6, 6.07) is 14.0. The van der Waals surface area contributed by atoms with E-state index in [4.69, 9.17) is 11.6 Å². The van der Waals surface area contributed by atoms with Gasteiger partial charge >= 0.3 is 0 Å². The smallest absolute Gasteiger partial charge is 0.229 e. The van der Waals surface area contributed by atoms with Gasteiger partial charge in [-0.1, -0.05) is 35.9 Å². The molecule has 3 rings (SSSR count). The molecule has 0 unspecified atom stereocenters. The molecule has 2 aromatic carbocycles. The van der Waals surface area contributed by atoms with E-state index in [0.717, 1.165) is 11.3 Å². The molecule has 122 valence electrons. The van der Waals surface area contributed by atoms with E-state index in [1.54, 1.807) is 30.5 Å². The highest BCUT2D eigenvalue weighted by molar-refractivity contribution is 6.31. The summed E-state index contributed by atoms with van der Waals surface area (Å²) in [4.78, 5) is 8.55. The molecular weight excluding hydrogens is 327 g/mol. The van der Waals surface area contributed by atoms with Crippen LogP contribution in [0.2, 0.25) is 5.02 Å². The molecule has 4 nitrogen and oxygen atoms in total. The van der Waals surface area contributed by atoms with E-state index >= 15 is 0 Å².